The van der Waals surface area contributed by atoms with Crippen molar-refractivity contribution in [3.8, 4) is 5.75 Å². The molecule has 4 heteroatoms. The fraction of sp³-hybridized carbons (Fsp3) is 0.389. The first kappa shape index (κ1) is 13.6. The summed E-state index contributed by atoms with van der Waals surface area (Å²) in [4.78, 5) is 14.6. The molecule has 4 nitrogen and oxygen atoms in total. The van der Waals surface area contributed by atoms with Gasteiger partial charge in [0.25, 0.3) is 0 Å². The van der Waals surface area contributed by atoms with Gasteiger partial charge in [0.1, 0.15) is 11.9 Å². The molecule has 1 amide bonds. The number of methoxy groups -OCH3 is 1. The highest BCUT2D eigenvalue weighted by Crippen LogP contribution is 2.39. The first-order valence-corrected chi connectivity index (χ1v) is 7.91. The van der Waals surface area contributed by atoms with Crippen molar-refractivity contribution in [1.82, 2.24) is 10.2 Å². The molecule has 2 aromatic rings. The Balaban J connectivity index is 1.88. The Bertz CT molecular complexity index is 728. The second kappa shape index (κ2) is 5.29. The lowest BCUT2D eigenvalue weighted by Gasteiger charge is -2.32. The number of hydrogen-bond donors (Lipinski definition) is 1. The minimum atomic E-state index is -0.0844. The van der Waals surface area contributed by atoms with Crippen molar-refractivity contribution in [3.63, 3.8) is 0 Å². The van der Waals surface area contributed by atoms with Crippen LogP contribution in [0.2, 0.25) is 0 Å². The van der Waals surface area contributed by atoms with E-state index in [9.17, 15) is 4.79 Å². The fourth-order valence-electron chi connectivity index (χ4n) is 3.83. The van der Waals surface area contributed by atoms with Crippen LogP contribution in [0.15, 0.2) is 36.4 Å². The summed E-state index contributed by atoms with van der Waals surface area (Å²) in [5, 5.41) is 5.51. The standard InChI is InChI=1S/C18H20N2O2/c1-22-15-10-9-12-6-2-3-7-13(12)16(15)17-19-18(21)14-8-4-5-11-20(14)17/h2-3,6-7,9-10,14,17H,4-5,8,11H2,1H3,(H,19,21)/t14-,17-/m0/s1. The third kappa shape index (κ3) is 1.98. The quantitative estimate of drug-likeness (QED) is 0.926. The average Bonchev–Trinajstić information content (AvgIpc) is 2.91. The van der Waals surface area contributed by atoms with Gasteiger partial charge in [-0.15, -0.1) is 0 Å². The number of amides is 1. The number of carbonyl (C=O) groups is 1. The summed E-state index contributed by atoms with van der Waals surface area (Å²) in [6, 6.07) is 12.4. The number of rotatable bonds is 2. The molecule has 0 spiro atoms. The van der Waals surface area contributed by atoms with E-state index < -0.39 is 0 Å². The highest BCUT2D eigenvalue weighted by molar-refractivity contribution is 5.91. The Hall–Kier alpha value is -2.07. The Morgan fingerprint density at radius 3 is 2.91 bits per heavy atom. The van der Waals surface area contributed by atoms with Crippen molar-refractivity contribution in [1.29, 1.82) is 0 Å². The van der Waals surface area contributed by atoms with Gasteiger partial charge in [-0.05, 0) is 29.7 Å². The maximum Gasteiger partial charge on any atom is 0.238 e. The molecule has 0 unspecified atom stereocenters. The summed E-state index contributed by atoms with van der Waals surface area (Å²) < 4.78 is 5.60. The third-order valence-electron chi connectivity index (χ3n) is 4.88. The van der Waals surface area contributed by atoms with E-state index in [0.717, 1.165) is 42.5 Å². The molecule has 4 rings (SSSR count). The number of hydrogen-bond acceptors (Lipinski definition) is 3. The predicted octanol–water partition coefficient (Wildman–Crippen LogP) is 2.83. The van der Waals surface area contributed by atoms with Crippen LogP contribution in [-0.4, -0.2) is 30.5 Å². The average molecular weight is 296 g/mol. The molecule has 0 bridgehead atoms. The number of nitrogens with zero attached hydrogens (tertiary/aromatic N) is 1. The van der Waals surface area contributed by atoms with Gasteiger partial charge in [0.05, 0.1) is 13.2 Å². The van der Waals surface area contributed by atoms with Crippen LogP contribution in [0.25, 0.3) is 10.8 Å². The van der Waals surface area contributed by atoms with E-state index >= 15 is 0 Å². The molecule has 0 radical (unpaired) electrons. The molecule has 114 valence electrons. The number of carbonyl (C=O) groups excluding carboxylic acids is 1. The summed E-state index contributed by atoms with van der Waals surface area (Å²) in [7, 11) is 1.69. The molecular weight excluding hydrogens is 276 g/mol. The molecule has 2 fully saturated rings. The lowest BCUT2D eigenvalue weighted by molar-refractivity contribution is -0.122. The van der Waals surface area contributed by atoms with Crippen molar-refractivity contribution in [2.75, 3.05) is 13.7 Å². The van der Waals surface area contributed by atoms with Crippen LogP contribution in [0.3, 0.4) is 0 Å². The van der Waals surface area contributed by atoms with E-state index in [2.05, 4.69) is 28.4 Å². The summed E-state index contributed by atoms with van der Waals surface area (Å²) in [5.74, 6) is 0.995. The number of fused-ring (bicyclic) bond motifs is 2. The zero-order chi connectivity index (χ0) is 15.1. The monoisotopic (exact) mass is 296 g/mol. The van der Waals surface area contributed by atoms with Gasteiger partial charge in [0.2, 0.25) is 5.91 Å². The molecular formula is C18H20N2O2. The van der Waals surface area contributed by atoms with E-state index in [0.29, 0.717) is 0 Å². The summed E-state index contributed by atoms with van der Waals surface area (Å²) >= 11 is 0. The van der Waals surface area contributed by atoms with Gasteiger partial charge in [-0.1, -0.05) is 36.8 Å². The minimum absolute atomic E-state index is 0.0161. The zero-order valence-electron chi connectivity index (χ0n) is 12.7. The van der Waals surface area contributed by atoms with Crippen LogP contribution in [0, 0.1) is 0 Å². The fourth-order valence-corrected chi connectivity index (χ4v) is 3.83. The second-order valence-electron chi connectivity index (χ2n) is 6.06. The van der Waals surface area contributed by atoms with E-state index in [1.54, 1.807) is 7.11 Å². The van der Waals surface area contributed by atoms with E-state index in [4.69, 9.17) is 4.74 Å². The second-order valence-corrected chi connectivity index (χ2v) is 6.06. The Morgan fingerprint density at radius 2 is 2.05 bits per heavy atom. The Morgan fingerprint density at radius 1 is 1.18 bits per heavy atom. The van der Waals surface area contributed by atoms with Crippen molar-refractivity contribution >= 4 is 16.7 Å². The maximum atomic E-state index is 12.3. The summed E-state index contributed by atoms with van der Waals surface area (Å²) in [5.41, 5.74) is 1.08. The lowest BCUT2D eigenvalue weighted by Crippen LogP contribution is -2.38. The maximum absolute atomic E-state index is 12.3. The van der Waals surface area contributed by atoms with Crippen LogP contribution >= 0.6 is 0 Å². The molecule has 22 heavy (non-hydrogen) atoms. The van der Waals surface area contributed by atoms with Crippen LogP contribution < -0.4 is 10.1 Å². The van der Waals surface area contributed by atoms with Crippen molar-refractivity contribution in [2.24, 2.45) is 0 Å². The van der Waals surface area contributed by atoms with E-state index in [-0.39, 0.29) is 18.1 Å². The number of piperidine rings is 1. The Kier molecular flexibility index (Phi) is 3.26. The lowest BCUT2D eigenvalue weighted by atomic mass is 9.98. The van der Waals surface area contributed by atoms with E-state index in [1.807, 2.05) is 18.2 Å². The van der Waals surface area contributed by atoms with Crippen molar-refractivity contribution < 1.29 is 9.53 Å². The Labute approximate surface area is 130 Å². The van der Waals surface area contributed by atoms with E-state index in [1.165, 1.54) is 5.39 Å². The highest BCUT2D eigenvalue weighted by atomic mass is 16.5. The summed E-state index contributed by atoms with van der Waals surface area (Å²) in [6.07, 6.45) is 3.15. The van der Waals surface area contributed by atoms with Crippen LogP contribution in [0.1, 0.15) is 31.0 Å². The topological polar surface area (TPSA) is 41.6 Å². The highest BCUT2D eigenvalue weighted by Gasteiger charge is 2.42. The van der Waals surface area contributed by atoms with Gasteiger partial charge in [0, 0.05) is 12.1 Å². The first-order valence-electron chi connectivity index (χ1n) is 7.91. The number of nitrogens with one attached hydrogen (secondary N) is 1. The molecule has 2 aromatic carbocycles. The van der Waals surface area contributed by atoms with Gasteiger partial charge in [-0.25, -0.2) is 0 Å². The van der Waals surface area contributed by atoms with Gasteiger partial charge in [-0.3, -0.25) is 9.69 Å². The molecule has 2 aliphatic rings. The largest absolute Gasteiger partial charge is 0.496 e. The number of ether oxygens (including phenoxy) is 1. The van der Waals surface area contributed by atoms with Crippen LogP contribution in [0.5, 0.6) is 5.75 Å². The van der Waals surface area contributed by atoms with Crippen molar-refractivity contribution in [3.05, 3.63) is 42.0 Å². The van der Waals surface area contributed by atoms with Gasteiger partial charge >= 0.3 is 0 Å². The van der Waals surface area contributed by atoms with Crippen LogP contribution in [-0.2, 0) is 4.79 Å². The van der Waals surface area contributed by atoms with Gasteiger partial charge in [0.15, 0.2) is 0 Å². The number of benzene rings is 2. The third-order valence-corrected chi connectivity index (χ3v) is 4.88. The molecule has 2 aliphatic heterocycles. The van der Waals surface area contributed by atoms with Gasteiger partial charge in [-0.2, -0.15) is 0 Å². The molecule has 0 aromatic heterocycles. The first-order chi connectivity index (χ1) is 10.8. The predicted molar refractivity (Wildman–Crippen MR) is 85.7 cm³/mol. The molecule has 2 saturated heterocycles. The molecule has 2 atom stereocenters. The molecule has 1 N–H and O–H groups in total. The smallest absolute Gasteiger partial charge is 0.238 e. The molecule has 2 heterocycles. The molecule has 0 aliphatic carbocycles. The SMILES string of the molecule is COc1ccc2ccccc2c1[C@H]1NC(=O)[C@@H]2CCCCN12. The van der Waals surface area contributed by atoms with Gasteiger partial charge < -0.3 is 10.1 Å². The normalized spacial score (nSPS) is 25.0. The molecule has 0 saturated carbocycles. The van der Waals surface area contributed by atoms with Crippen molar-refractivity contribution in [2.45, 2.75) is 31.5 Å². The minimum Gasteiger partial charge on any atom is -0.496 e. The zero-order valence-corrected chi connectivity index (χ0v) is 12.7. The summed E-state index contributed by atoms with van der Waals surface area (Å²) in [6.45, 7) is 0.959. The van der Waals surface area contributed by atoms with Crippen LogP contribution in [0.4, 0.5) is 0 Å².